The molecule has 0 aromatic carbocycles. The standard InChI is InChI=1S/C27H35N5O4/c1-25(2)34-21-22(35-25)27(4)13-16(12-26(21,3)36-27)17-10-11-18(20(30-17)15-8-6-5-7-9-15)31-24(33)23-29-14-19(28)32-23/h8,10-11,14,16,21-22H,5-7,9,12-13,28H2,1-4H3,(H,29,32)(H,31,33)/t16?,21-,22+,26+,27-. The highest BCUT2D eigenvalue weighted by Gasteiger charge is 2.68. The van der Waals surface area contributed by atoms with E-state index in [0.717, 1.165) is 43.5 Å². The summed E-state index contributed by atoms with van der Waals surface area (Å²) in [6.07, 6.45) is 9.38. The summed E-state index contributed by atoms with van der Waals surface area (Å²) >= 11 is 0. The Morgan fingerprint density at radius 1 is 1.08 bits per heavy atom. The highest BCUT2D eigenvalue weighted by Crippen LogP contribution is 2.58. The molecule has 0 saturated carbocycles. The number of rotatable bonds is 4. The van der Waals surface area contributed by atoms with Crippen molar-refractivity contribution >= 4 is 23.0 Å². The molecule has 3 fully saturated rings. The Balaban J connectivity index is 1.32. The van der Waals surface area contributed by atoms with Gasteiger partial charge < -0.3 is 30.2 Å². The summed E-state index contributed by atoms with van der Waals surface area (Å²) in [5.74, 6) is -0.302. The van der Waals surface area contributed by atoms with Crippen LogP contribution in [0.1, 0.15) is 94.1 Å². The first kappa shape index (κ1) is 23.6. The van der Waals surface area contributed by atoms with Crippen LogP contribution in [0.5, 0.6) is 0 Å². The predicted octanol–water partition coefficient (Wildman–Crippen LogP) is 4.54. The van der Waals surface area contributed by atoms with E-state index in [1.165, 1.54) is 18.2 Å². The van der Waals surface area contributed by atoms with Crippen LogP contribution in [0.25, 0.3) is 5.57 Å². The number of anilines is 2. The van der Waals surface area contributed by atoms with Crippen LogP contribution in [-0.2, 0) is 14.2 Å². The summed E-state index contributed by atoms with van der Waals surface area (Å²) in [7, 11) is 0. The molecule has 9 heteroatoms. The van der Waals surface area contributed by atoms with Gasteiger partial charge in [-0.1, -0.05) is 6.08 Å². The first-order valence-electron chi connectivity index (χ1n) is 12.9. The lowest BCUT2D eigenvalue weighted by atomic mass is 9.82. The Morgan fingerprint density at radius 2 is 1.81 bits per heavy atom. The van der Waals surface area contributed by atoms with Crippen molar-refractivity contribution in [3.05, 3.63) is 41.6 Å². The molecule has 5 heterocycles. The van der Waals surface area contributed by atoms with E-state index >= 15 is 0 Å². The summed E-state index contributed by atoms with van der Waals surface area (Å²) in [4.78, 5) is 24.9. The second-order valence-electron chi connectivity index (χ2n) is 11.5. The molecule has 1 amide bonds. The molecule has 192 valence electrons. The van der Waals surface area contributed by atoms with Gasteiger partial charge in [-0.05, 0) is 83.9 Å². The molecule has 0 spiro atoms. The summed E-state index contributed by atoms with van der Waals surface area (Å²) in [5.41, 5.74) is 8.49. The predicted molar refractivity (Wildman–Crippen MR) is 135 cm³/mol. The molecule has 1 aliphatic carbocycles. The molecule has 9 nitrogen and oxygen atoms in total. The van der Waals surface area contributed by atoms with Gasteiger partial charge in [0.25, 0.3) is 5.91 Å². The molecule has 1 unspecified atom stereocenters. The molecule has 5 atom stereocenters. The number of aromatic nitrogens is 3. The number of aromatic amines is 1. The largest absolute Gasteiger partial charge is 0.382 e. The molecular weight excluding hydrogens is 458 g/mol. The van der Waals surface area contributed by atoms with Gasteiger partial charge in [0.2, 0.25) is 0 Å². The number of pyridine rings is 1. The zero-order valence-electron chi connectivity index (χ0n) is 21.4. The number of allylic oxidation sites excluding steroid dienone is 2. The highest BCUT2D eigenvalue weighted by atomic mass is 16.8. The Hall–Kier alpha value is -2.75. The zero-order chi connectivity index (χ0) is 25.3. The van der Waals surface area contributed by atoms with Crippen LogP contribution in [0.2, 0.25) is 0 Å². The Bertz CT molecular complexity index is 1210. The number of nitrogens with one attached hydrogen (secondary N) is 2. The lowest BCUT2D eigenvalue weighted by Gasteiger charge is -2.43. The van der Waals surface area contributed by atoms with Gasteiger partial charge >= 0.3 is 0 Å². The quantitative estimate of drug-likeness (QED) is 0.571. The molecular formula is C27H35N5O4. The van der Waals surface area contributed by atoms with Gasteiger partial charge in [-0.3, -0.25) is 9.78 Å². The number of H-pyrrole nitrogens is 1. The molecule has 4 aliphatic rings. The minimum atomic E-state index is -0.605. The molecule has 4 N–H and O–H groups in total. The molecule has 2 aromatic rings. The van der Waals surface area contributed by atoms with Gasteiger partial charge in [0.15, 0.2) is 11.6 Å². The maximum atomic E-state index is 12.8. The lowest BCUT2D eigenvalue weighted by molar-refractivity contribution is -0.242. The normalized spacial score (nSPS) is 34.8. The molecule has 3 aliphatic heterocycles. The number of hydrogen-bond donors (Lipinski definition) is 3. The topological polar surface area (TPSA) is 124 Å². The number of amides is 1. The first-order chi connectivity index (χ1) is 17.1. The van der Waals surface area contributed by atoms with E-state index in [-0.39, 0.29) is 35.7 Å². The van der Waals surface area contributed by atoms with Crippen LogP contribution in [0.4, 0.5) is 11.5 Å². The van der Waals surface area contributed by atoms with Crippen LogP contribution in [-0.4, -0.2) is 50.1 Å². The van der Waals surface area contributed by atoms with E-state index in [9.17, 15) is 4.79 Å². The van der Waals surface area contributed by atoms with Crippen molar-refractivity contribution in [1.82, 2.24) is 15.0 Å². The summed E-state index contributed by atoms with van der Waals surface area (Å²) in [6, 6.07) is 4.00. The average molecular weight is 494 g/mol. The number of nitrogens with zero attached hydrogens (tertiary/aromatic N) is 2. The van der Waals surface area contributed by atoms with Gasteiger partial charge in [0.05, 0.1) is 22.6 Å². The minimum absolute atomic E-state index is 0.109. The minimum Gasteiger partial charge on any atom is -0.382 e. The Kier molecular flexibility index (Phi) is 5.34. The van der Waals surface area contributed by atoms with Crippen molar-refractivity contribution in [1.29, 1.82) is 0 Å². The number of ether oxygens (including phenoxy) is 3. The van der Waals surface area contributed by atoms with Gasteiger partial charge in [0.1, 0.15) is 18.0 Å². The van der Waals surface area contributed by atoms with Gasteiger partial charge in [-0.15, -0.1) is 0 Å². The average Bonchev–Trinajstić information content (AvgIpc) is 3.46. The molecule has 3 saturated heterocycles. The van der Waals surface area contributed by atoms with Gasteiger partial charge in [-0.25, -0.2) is 4.98 Å². The first-order valence-corrected chi connectivity index (χ1v) is 12.9. The number of carbonyl (C=O) groups excluding carboxylic acids is 1. The van der Waals surface area contributed by atoms with Crippen LogP contribution in [0, 0.1) is 0 Å². The van der Waals surface area contributed by atoms with E-state index in [1.807, 2.05) is 26.0 Å². The van der Waals surface area contributed by atoms with Crippen LogP contribution < -0.4 is 11.1 Å². The van der Waals surface area contributed by atoms with Crippen LogP contribution in [0.15, 0.2) is 24.4 Å². The number of hydrogen-bond acceptors (Lipinski definition) is 7. The SMILES string of the molecule is CC1(C)O[C@@H]2[C@H](O1)[C@@]1(C)CC(c3ccc(NC(=O)c4nc(N)c[nH]4)c(C4=CCCCC4)n3)C[C@]2(C)O1. The molecule has 6 rings (SSSR count). The molecule has 2 bridgehead atoms. The van der Waals surface area contributed by atoms with Crippen molar-refractivity contribution in [3.8, 4) is 0 Å². The highest BCUT2D eigenvalue weighted by molar-refractivity contribution is 6.03. The van der Waals surface area contributed by atoms with Crippen LogP contribution >= 0.6 is 0 Å². The van der Waals surface area contributed by atoms with Crippen molar-refractivity contribution in [2.24, 2.45) is 0 Å². The van der Waals surface area contributed by atoms with Crippen molar-refractivity contribution in [3.63, 3.8) is 0 Å². The Labute approximate surface area is 211 Å². The van der Waals surface area contributed by atoms with E-state index in [0.29, 0.717) is 5.69 Å². The van der Waals surface area contributed by atoms with E-state index in [2.05, 4.69) is 35.2 Å². The number of nitrogen functional groups attached to an aromatic ring is 1. The summed E-state index contributed by atoms with van der Waals surface area (Å²) in [5, 5.41) is 3.00. The Morgan fingerprint density at radius 3 is 2.42 bits per heavy atom. The fourth-order valence-electron chi connectivity index (χ4n) is 6.61. The maximum Gasteiger partial charge on any atom is 0.291 e. The number of nitrogens with two attached hydrogens (primary N) is 1. The maximum absolute atomic E-state index is 12.8. The van der Waals surface area contributed by atoms with E-state index in [4.69, 9.17) is 24.9 Å². The fourth-order valence-corrected chi connectivity index (χ4v) is 6.61. The zero-order valence-corrected chi connectivity index (χ0v) is 21.4. The van der Waals surface area contributed by atoms with Crippen molar-refractivity contribution in [2.75, 3.05) is 11.1 Å². The third-order valence-electron chi connectivity index (χ3n) is 8.06. The number of fused-ring (bicyclic) bond motifs is 5. The third kappa shape index (κ3) is 3.93. The van der Waals surface area contributed by atoms with E-state index in [1.54, 1.807) is 0 Å². The summed E-state index contributed by atoms with van der Waals surface area (Å²) < 4.78 is 19.2. The summed E-state index contributed by atoms with van der Waals surface area (Å²) in [6.45, 7) is 8.23. The van der Waals surface area contributed by atoms with Crippen molar-refractivity contribution < 1.29 is 19.0 Å². The van der Waals surface area contributed by atoms with E-state index < -0.39 is 17.0 Å². The monoisotopic (exact) mass is 493 g/mol. The lowest BCUT2D eigenvalue weighted by Crippen LogP contribution is -2.46. The van der Waals surface area contributed by atoms with Crippen molar-refractivity contribution in [2.45, 2.75) is 101 Å². The fraction of sp³-hybridized carbons (Fsp3) is 0.593. The number of imidazole rings is 1. The smallest absolute Gasteiger partial charge is 0.291 e. The van der Waals surface area contributed by atoms with Crippen LogP contribution in [0.3, 0.4) is 0 Å². The molecule has 0 radical (unpaired) electrons. The van der Waals surface area contributed by atoms with Gasteiger partial charge in [0, 0.05) is 17.8 Å². The second kappa shape index (κ2) is 8.13. The van der Waals surface area contributed by atoms with Gasteiger partial charge in [-0.2, -0.15) is 0 Å². The number of carbonyl (C=O) groups is 1. The molecule has 36 heavy (non-hydrogen) atoms. The third-order valence-corrected chi connectivity index (χ3v) is 8.06. The second-order valence-corrected chi connectivity index (χ2v) is 11.5. The molecule has 2 aromatic heterocycles.